The van der Waals surface area contributed by atoms with Crippen LogP contribution in [-0.4, -0.2) is 0 Å². The minimum Gasteiger partial charge on any atom is -0.275 e. The van der Waals surface area contributed by atoms with Gasteiger partial charge in [0.2, 0.25) is 0 Å². The summed E-state index contributed by atoms with van der Waals surface area (Å²) in [5.74, 6) is -0.404. The fourth-order valence-electron chi connectivity index (χ4n) is 1.79. The van der Waals surface area contributed by atoms with Gasteiger partial charge >= 0.3 is 0 Å². The van der Waals surface area contributed by atoms with Crippen molar-refractivity contribution in [2.45, 2.75) is 6.54 Å². The molecule has 0 N–H and O–H groups in total. The Balaban J connectivity index is 2.33. The van der Waals surface area contributed by atoms with E-state index in [9.17, 15) is 9.65 Å². The van der Waals surface area contributed by atoms with E-state index in [1.54, 1.807) is 30.3 Å². The zero-order valence-corrected chi connectivity index (χ0v) is 11.9. The molecule has 5 heteroatoms. The molecule has 0 spiro atoms. The zero-order valence-electron chi connectivity index (χ0n) is 10.3. The lowest BCUT2D eigenvalue weighted by atomic mass is 10.1. The summed E-state index contributed by atoms with van der Waals surface area (Å²) in [5, 5.41) is 18.3. The van der Waals surface area contributed by atoms with Gasteiger partial charge in [-0.15, -0.1) is 0 Å². The van der Waals surface area contributed by atoms with Crippen molar-refractivity contribution in [2.24, 2.45) is 0 Å². The van der Waals surface area contributed by atoms with Crippen molar-refractivity contribution >= 4 is 21.6 Å². The van der Waals surface area contributed by atoms with Crippen LogP contribution in [0.2, 0.25) is 0 Å². The minimum absolute atomic E-state index is 0.218. The maximum Gasteiger partial charge on any atom is 0.184 e. The third-order valence-corrected chi connectivity index (χ3v) is 3.25. The molecule has 0 saturated carbocycles. The van der Waals surface area contributed by atoms with Crippen molar-refractivity contribution in [3.63, 3.8) is 0 Å². The van der Waals surface area contributed by atoms with Crippen LogP contribution in [-0.2, 0) is 6.54 Å². The van der Waals surface area contributed by atoms with Gasteiger partial charge in [-0.05, 0) is 35.9 Å². The van der Waals surface area contributed by atoms with E-state index in [1.165, 1.54) is 17.0 Å². The Labute approximate surface area is 124 Å². The van der Waals surface area contributed by atoms with Gasteiger partial charge in [0, 0.05) is 4.47 Å². The molecule has 0 amide bonds. The first kappa shape index (κ1) is 14.0. The Morgan fingerprint density at radius 3 is 2.60 bits per heavy atom. The predicted octanol–water partition coefficient (Wildman–Crippen LogP) is 3.95. The van der Waals surface area contributed by atoms with Crippen LogP contribution in [0.4, 0.5) is 10.1 Å². The van der Waals surface area contributed by atoms with Gasteiger partial charge in [-0.3, -0.25) is 4.90 Å². The third-order valence-electron chi connectivity index (χ3n) is 2.76. The van der Waals surface area contributed by atoms with Crippen molar-refractivity contribution in [3.05, 3.63) is 63.9 Å². The average Bonchev–Trinajstić information content (AvgIpc) is 2.45. The summed E-state index contributed by atoms with van der Waals surface area (Å²) < 4.78 is 14.0. The molecule has 2 aromatic rings. The summed E-state index contributed by atoms with van der Waals surface area (Å²) in [4.78, 5) is 1.34. The van der Waals surface area contributed by atoms with Crippen LogP contribution in [0.25, 0.3) is 0 Å². The number of nitriles is 2. The van der Waals surface area contributed by atoms with Crippen molar-refractivity contribution in [3.8, 4) is 12.3 Å². The quantitative estimate of drug-likeness (QED) is 0.632. The molecule has 0 aromatic heterocycles. The molecule has 20 heavy (non-hydrogen) atoms. The van der Waals surface area contributed by atoms with E-state index in [1.807, 2.05) is 6.19 Å². The lowest BCUT2D eigenvalue weighted by Crippen LogP contribution is -2.16. The molecule has 3 nitrogen and oxygen atoms in total. The van der Waals surface area contributed by atoms with E-state index >= 15 is 0 Å². The molecular weight excluding hydrogens is 321 g/mol. The number of nitrogens with zero attached hydrogens (tertiary/aromatic N) is 3. The smallest absolute Gasteiger partial charge is 0.184 e. The Kier molecular flexibility index (Phi) is 4.34. The number of rotatable bonds is 3. The molecule has 98 valence electrons. The van der Waals surface area contributed by atoms with E-state index in [0.717, 1.165) is 4.47 Å². The second-order valence-electron chi connectivity index (χ2n) is 4.08. The van der Waals surface area contributed by atoms with Crippen LogP contribution in [0.15, 0.2) is 46.9 Å². The zero-order chi connectivity index (χ0) is 14.5. The van der Waals surface area contributed by atoms with Gasteiger partial charge in [-0.2, -0.15) is 10.5 Å². The van der Waals surface area contributed by atoms with E-state index in [-0.39, 0.29) is 6.54 Å². The molecule has 0 fully saturated rings. The molecular formula is C15H9BrFN3. The van der Waals surface area contributed by atoms with Crippen molar-refractivity contribution in [1.82, 2.24) is 0 Å². The van der Waals surface area contributed by atoms with E-state index < -0.39 is 5.82 Å². The fourth-order valence-corrected chi connectivity index (χ4v) is 2.15. The van der Waals surface area contributed by atoms with Gasteiger partial charge in [0.05, 0.1) is 23.9 Å². The second kappa shape index (κ2) is 6.18. The normalized spacial score (nSPS) is 9.60. The van der Waals surface area contributed by atoms with Crippen LogP contribution in [0, 0.1) is 28.6 Å². The first-order valence-corrected chi connectivity index (χ1v) is 6.54. The molecule has 0 radical (unpaired) electrons. The molecule has 0 aliphatic carbocycles. The van der Waals surface area contributed by atoms with Crippen LogP contribution in [0.3, 0.4) is 0 Å². The maximum atomic E-state index is 13.2. The summed E-state index contributed by atoms with van der Waals surface area (Å²) in [5.41, 5.74) is 1.65. The number of anilines is 1. The standard InChI is InChI=1S/C15H9BrFN3/c16-13-5-4-11(12(6-13)8-18)9-20(10-19)15-3-1-2-14(17)7-15/h1-7H,9H2. The van der Waals surface area contributed by atoms with Crippen molar-refractivity contribution < 1.29 is 4.39 Å². The summed E-state index contributed by atoms with van der Waals surface area (Å²) in [7, 11) is 0. The molecule has 0 unspecified atom stereocenters. The third kappa shape index (κ3) is 3.14. The van der Waals surface area contributed by atoms with Crippen LogP contribution < -0.4 is 4.90 Å². The van der Waals surface area contributed by atoms with Crippen LogP contribution in [0.1, 0.15) is 11.1 Å². The largest absolute Gasteiger partial charge is 0.275 e. The highest BCUT2D eigenvalue weighted by Crippen LogP contribution is 2.21. The molecule has 2 aromatic carbocycles. The topological polar surface area (TPSA) is 50.8 Å². The minimum atomic E-state index is -0.404. The Morgan fingerprint density at radius 2 is 1.95 bits per heavy atom. The Morgan fingerprint density at radius 1 is 1.15 bits per heavy atom. The Bertz CT molecular complexity index is 716. The first-order valence-electron chi connectivity index (χ1n) is 5.75. The van der Waals surface area contributed by atoms with Gasteiger partial charge < -0.3 is 0 Å². The number of halogens is 2. The first-order chi connectivity index (χ1) is 9.63. The van der Waals surface area contributed by atoms with Crippen LogP contribution in [0.5, 0.6) is 0 Å². The molecule has 0 atom stereocenters. The summed E-state index contributed by atoms with van der Waals surface area (Å²) in [6.45, 7) is 0.218. The number of benzene rings is 2. The highest BCUT2D eigenvalue weighted by atomic mass is 79.9. The van der Waals surface area contributed by atoms with Crippen LogP contribution >= 0.6 is 15.9 Å². The summed E-state index contributed by atoms with van der Waals surface area (Å²) >= 11 is 3.30. The molecule has 0 saturated heterocycles. The lowest BCUT2D eigenvalue weighted by molar-refractivity contribution is 0.627. The SMILES string of the molecule is N#Cc1cc(Br)ccc1CN(C#N)c1cccc(F)c1. The average molecular weight is 330 g/mol. The van der Waals surface area contributed by atoms with Crippen molar-refractivity contribution in [1.29, 1.82) is 10.5 Å². The second-order valence-corrected chi connectivity index (χ2v) is 4.99. The number of hydrogen-bond acceptors (Lipinski definition) is 3. The van der Waals surface area contributed by atoms with Gasteiger partial charge in [-0.1, -0.05) is 28.1 Å². The molecule has 0 aliphatic rings. The maximum absolute atomic E-state index is 13.2. The van der Waals surface area contributed by atoms with Gasteiger partial charge in [0.15, 0.2) is 6.19 Å². The summed E-state index contributed by atoms with van der Waals surface area (Å²) in [6.07, 6.45) is 2.01. The predicted molar refractivity (Wildman–Crippen MR) is 77.1 cm³/mol. The van der Waals surface area contributed by atoms with Gasteiger partial charge in [-0.25, -0.2) is 4.39 Å². The molecule has 2 rings (SSSR count). The number of hydrogen-bond donors (Lipinski definition) is 0. The van der Waals surface area contributed by atoms with E-state index in [2.05, 4.69) is 22.0 Å². The highest BCUT2D eigenvalue weighted by molar-refractivity contribution is 9.10. The van der Waals surface area contributed by atoms with Gasteiger partial charge in [0.1, 0.15) is 5.82 Å². The molecule has 0 bridgehead atoms. The molecule has 0 aliphatic heterocycles. The Hall–Kier alpha value is -2.37. The van der Waals surface area contributed by atoms with E-state index in [0.29, 0.717) is 16.8 Å². The lowest BCUT2D eigenvalue weighted by Gasteiger charge is -2.16. The summed E-state index contributed by atoms with van der Waals surface area (Å²) in [6, 6.07) is 13.2. The monoisotopic (exact) mass is 329 g/mol. The van der Waals surface area contributed by atoms with Crippen molar-refractivity contribution in [2.75, 3.05) is 4.90 Å². The molecule has 0 heterocycles. The van der Waals surface area contributed by atoms with E-state index in [4.69, 9.17) is 5.26 Å². The highest BCUT2D eigenvalue weighted by Gasteiger charge is 2.11. The van der Waals surface area contributed by atoms with Gasteiger partial charge in [0.25, 0.3) is 0 Å². The fraction of sp³-hybridized carbons (Fsp3) is 0.0667.